The third kappa shape index (κ3) is 2.15. The topological polar surface area (TPSA) is 87.9 Å². The first-order chi connectivity index (χ1) is 8.10. The molecule has 17 heavy (non-hydrogen) atoms. The normalized spacial score (nSPS) is 9.59. The number of hydrogen-bond donors (Lipinski definition) is 1. The van der Waals surface area contributed by atoms with E-state index < -0.39 is 5.97 Å². The Morgan fingerprint density at radius 1 is 1.24 bits per heavy atom. The molecule has 0 unspecified atom stereocenters. The maximum Gasteiger partial charge on any atom is 0.341 e. The number of benzene rings is 1. The van der Waals surface area contributed by atoms with Gasteiger partial charge in [0.15, 0.2) is 17.8 Å². The van der Waals surface area contributed by atoms with Crippen LogP contribution in [0.1, 0.15) is 20.7 Å². The third-order valence-corrected chi connectivity index (χ3v) is 2.24. The molecule has 0 heterocycles. The highest BCUT2D eigenvalue weighted by molar-refractivity contribution is 5.99. The molecule has 0 saturated heterocycles. The average Bonchev–Trinajstić information content (AvgIpc) is 2.36. The van der Waals surface area contributed by atoms with Crippen molar-refractivity contribution in [1.82, 2.24) is 0 Å². The van der Waals surface area contributed by atoms with Crippen molar-refractivity contribution in [2.45, 2.75) is 0 Å². The summed E-state index contributed by atoms with van der Waals surface area (Å²) in [4.78, 5) is 22.4. The van der Waals surface area contributed by atoms with E-state index in [0.29, 0.717) is 6.29 Å². The van der Waals surface area contributed by atoms with Crippen LogP contribution in [0.2, 0.25) is 0 Å². The van der Waals surface area contributed by atoms with E-state index in [9.17, 15) is 9.59 Å². The molecule has 0 saturated carbocycles. The van der Waals surface area contributed by atoms with Crippen molar-refractivity contribution in [2.24, 2.45) is 0 Å². The second kappa shape index (κ2) is 5.20. The van der Waals surface area contributed by atoms with Crippen LogP contribution in [0.3, 0.4) is 0 Å². The fraction of sp³-hybridized carbons (Fsp3) is 0.273. The summed E-state index contributed by atoms with van der Waals surface area (Å²) >= 11 is 0. The average molecular weight is 239 g/mol. The number of anilines is 1. The smallest absolute Gasteiger partial charge is 0.341 e. The number of hydrogen-bond acceptors (Lipinski definition) is 6. The van der Waals surface area contributed by atoms with Crippen LogP contribution in [0.5, 0.6) is 11.5 Å². The van der Waals surface area contributed by atoms with Gasteiger partial charge < -0.3 is 19.9 Å². The summed E-state index contributed by atoms with van der Waals surface area (Å²) in [5.74, 6) is -0.386. The second-order valence-electron chi connectivity index (χ2n) is 3.10. The SMILES string of the molecule is COC(=O)c1cc(N)c(C=O)c(OC)c1OC. The molecule has 0 fully saturated rings. The van der Waals surface area contributed by atoms with E-state index in [1.54, 1.807) is 0 Å². The minimum Gasteiger partial charge on any atom is -0.492 e. The highest BCUT2D eigenvalue weighted by atomic mass is 16.5. The molecular weight excluding hydrogens is 226 g/mol. The number of ether oxygens (including phenoxy) is 3. The lowest BCUT2D eigenvalue weighted by Gasteiger charge is -2.14. The Labute approximate surface area is 98.3 Å². The van der Waals surface area contributed by atoms with E-state index >= 15 is 0 Å². The van der Waals surface area contributed by atoms with Crippen LogP contribution < -0.4 is 15.2 Å². The van der Waals surface area contributed by atoms with Gasteiger partial charge in [0, 0.05) is 5.69 Å². The van der Waals surface area contributed by atoms with Gasteiger partial charge >= 0.3 is 5.97 Å². The molecule has 2 N–H and O–H groups in total. The van der Waals surface area contributed by atoms with Crippen molar-refractivity contribution in [1.29, 1.82) is 0 Å². The molecule has 0 aliphatic heterocycles. The van der Waals surface area contributed by atoms with Crippen molar-refractivity contribution in [3.05, 3.63) is 17.2 Å². The lowest BCUT2D eigenvalue weighted by molar-refractivity contribution is 0.0596. The first-order valence-electron chi connectivity index (χ1n) is 4.68. The van der Waals surface area contributed by atoms with Crippen molar-refractivity contribution in [3.63, 3.8) is 0 Å². The van der Waals surface area contributed by atoms with E-state index in [1.165, 1.54) is 27.4 Å². The quantitative estimate of drug-likeness (QED) is 0.477. The van der Waals surface area contributed by atoms with E-state index in [0.717, 1.165) is 0 Å². The third-order valence-electron chi connectivity index (χ3n) is 2.24. The van der Waals surface area contributed by atoms with Gasteiger partial charge in [-0.2, -0.15) is 0 Å². The fourth-order valence-corrected chi connectivity index (χ4v) is 1.46. The number of esters is 1. The van der Waals surface area contributed by atoms with Crippen LogP contribution in [0.25, 0.3) is 0 Å². The van der Waals surface area contributed by atoms with E-state index in [1.807, 2.05) is 0 Å². The maximum atomic E-state index is 11.5. The lowest BCUT2D eigenvalue weighted by Crippen LogP contribution is -2.09. The molecule has 6 nitrogen and oxygen atoms in total. The standard InChI is InChI=1S/C11H13NO5/c1-15-9-6(11(14)17-3)4-8(12)7(5-13)10(9)16-2/h4-5H,12H2,1-3H3. The van der Waals surface area contributed by atoms with Gasteiger partial charge in [-0.25, -0.2) is 4.79 Å². The van der Waals surface area contributed by atoms with Crippen molar-refractivity contribution in [3.8, 4) is 11.5 Å². The van der Waals surface area contributed by atoms with E-state index in [2.05, 4.69) is 4.74 Å². The molecule has 0 aromatic heterocycles. The predicted molar refractivity (Wildman–Crippen MR) is 60.7 cm³/mol. The minimum atomic E-state index is -0.621. The highest BCUT2D eigenvalue weighted by Crippen LogP contribution is 2.37. The zero-order valence-corrected chi connectivity index (χ0v) is 9.77. The van der Waals surface area contributed by atoms with Gasteiger partial charge in [-0.15, -0.1) is 0 Å². The van der Waals surface area contributed by atoms with Gasteiger partial charge in [0.1, 0.15) is 5.56 Å². The molecule has 0 atom stereocenters. The van der Waals surface area contributed by atoms with Crippen LogP contribution in [-0.4, -0.2) is 33.6 Å². The molecular formula is C11H13NO5. The number of carbonyl (C=O) groups is 2. The Kier molecular flexibility index (Phi) is 3.92. The summed E-state index contributed by atoms with van der Waals surface area (Å²) in [6.45, 7) is 0. The molecule has 0 aliphatic carbocycles. The zero-order valence-electron chi connectivity index (χ0n) is 9.77. The number of aldehydes is 1. The molecule has 1 aromatic carbocycles. The summed E-state index contributed by atoms with van der Waals surface area (Å²) in [7, 11) is 3.94. The van der Waals surface area contributed by atoms with Gasteiger partial charge in [-0.05, 0) is 6.07 Å². The molecule has 0 bridgehead atoms. The van der Waals surface area contributed by atoms with Crippen molar-refractivity contribution >= 4 is 17.9 Å². The maximum absolute atomic E-state index is 11.5. The van der Waals surface area contributed by atoms with Gasteiger partial charge in [0.2, 0.25) is 0 Å². The number of nitrogens with two attached hydrogens (primary N) is 1. The lowest BCUT2D eigenvalue weighted by atomic mass is 10.1. The number of rotatable bonds is 4. The summed E-state index contributed by atoms with van der Waals surface area (Å²) in [5.41, 5.74) is 6.02. The summed E-state index contributed by atoms with van der Waals surface area (Å²) in [5, 5.41) is 0. The zero-order chi connectivity index (χ0) is 13.0. The molecule has 1 rings (SSSR count). The highest BCUT2D eigenvalue weighted by Gasteiger charge is 2.22. The fourth-order valence-electron chi connectivity index (χ4n) is 1.46. The first-order valence-corrected chi connectivity index (χ1v) is 4.68. The van der Waals surface area contributed by atoms with Gasteiger partial charge in [0.05, 0.1) is 26.9 Å². The molecule has 0 spiro atoms. The Balaban J connectivity index is 3.58. The van der Waals surface area contributed by atoms with Gasteiger partial charge in [-0.1, -0.05) is 0 Å². The molecule has 6 heteroatoms. The molecule has 1 aromatic rings. The van der Waals surface area contributed by atoms with Crippen LogP contribution in [0, 0.1) is 0 Å². The number of nitrogen functional groups attached to an aromatic ring is 1. The number of methoxy groups -OCH3 is 3. The predicted octanol–water partition coefficient (Wildman–Crippen LogP) is 0.885. The summed E-state index contributed by atoms with van der Waals surface area (Å²) in [6, 6.07) is 1.32. The van der Waals surface area contributed by atoms with Gasteiger partial charge in [0.25, 0.3) is 0 Å². The first kappa shape index (κ1) is 12.8. The van der Waals surface area contributed by atoms with Crippen LogP contribution in [0.4, 0.5) is 5.69 Å². The van der Waals surface area contributed by atoms with Crippen molar-refractivity contribution in [2.75, 3.05) is 27.1 Å². The molecule has 0 amide bonds. The molecule has 0 radical (unpaired) electrons. The van der Waals surface area contributed by atoms with Crippen LogP contribution >= 0.6 is 0 Å². The second-order valence-corrected chi connectivity index (χ2v) is 3.10. The Hall–Kier alpha value is -2.24. The minimum absolute atomic E-state index is 0.106. The van der Waals surface area contributed by atoms with E-state index in [4.69, 9.17) is 15.2 Å². The largest absolute Gasteiger partial charge is 0.492 e. The van der Waals surface area contributed by atoms with E-state index in [-0.39, 0.29) is 28.3 Å². The summed E-state index contributed by atoms with van der Waals surface area (Å²) < 4.78 is 14.7. The Morgan fingerprint density at radius 3 is 2.24 bits per heavy atom. The van der Waals surface area contributed by atoms with Crippen LogP contribution in [0.15, 0.2) is 6.07 Å². The van der Waals surface area contributed by atoms with Crippen molar-refractivity contribution < 1.29 is 23.8 Å². The van der Waals surface area contributed by atoms with Gasteiger partial charge in [-0.3, -0.25) is 4.79 Å². The Morgan fingerprint density at radius 2 is 1.82 bits per heavy atom. The molecule has 0 aliphatic rings. The number of carbonyl (C=O) groups excluding carboxylic acids is 2. The summed E-state index contributed by atoms with van der Waals surface area (Å²) in [6.07, 6.45) is 0.539. The Bertz CT molecular complexity index is 456. The van der Waals surface area contributed by atoms with Crippen LogP contribution in [-0.2, 0) is 4.74 Å². The molecule has 92 valence electrons. The monoisotopic (exact) mass is 239 g/mol.